The first-order valence-electron chi connectivity index (χ1n) is 8.62. The van der Waals surface area contributed by atoms with Crippen molar-refractivity contribution in [2.24, 2.45) is 5.73 Å². The van der Waals surface area contributed by atoms with Crippen LogP contribution in [0.5, 0.6) is 11.5 Å². The summed E-state index contributed by atoms with van der Waals surface area (Å²) in [6.07, 6.45) is 1.44. The second-order valence-electron chi connectivity index (χ2n) is 5.87. The van der Waals surface area contributed by atoms with Crippen molar-refractivity contribution in [3.63, 3.8) is 0 Å². The number of halogens is 2. The third kappa shape index (κ3) is 5.16. The van der Waals surface area contributed by atoms with Crippen LogP contribution in [-0.2, 0) is 6.42 Å². The van der Waals surface area contributed by atoms with E-state index >= 15 is 0 Å². The second-order valence-corrected chi connectivity index (χ2v) is 5.87. The summed E-state index contributed by atoms with van der Waals surface area (Å²) in [5, 5.41) is 0. The van der Waals surface area contributed by atoms with Gasteiger partial charge < -0.3 is 15.2 Å². The predicted octanol–water partition coefficient (Wildman–Crippen LogP) is 4.44. The fourth-order valence-corrected chi connectivity index (χ4v) is 2.72. The van der Waals surface area contributed by atoms with Gasteiger partial charge in [0.1, 0.15) is 11.6 Å². The van der Waals surface area contributed by atoms with Crippen molar-refractivity contribution >= 4 is 0 Å². The van der Waals surface area contributed by atoms with Crippen LogP contribution in [0.3, 0.4) is 0 Å². The maximum absolute atomic E-state index is 14.1. The standard InChI is InChI=1S/C20H25F2NO2/c1-3-9-25-19-8-5-14(11-20(19)24-4-2)10-15(13-23)17-7-6-16(21)12-18(17)22/h5-8,11-12,15H,3-4,9-10,13,23H2,1-2H3. The van der Waals surface area contributed by atoms with Gasteiger partial charge in [0.2, 0.25) is 0 Å². The molecule has 0 spiro atoms. The number of hydrogen-bond donors (Lipinski definition) is 1. The summed E-state index contributed by atoms with van der Waals surface area (Å²) < 4.78 is 38.5. The second kappa shape index (κ2) is 9.37. The molecule has 5 heteroatoms. The normalized spacial score (nSPS) is 12.0. The fraction of sp³-hybridized carbons (Fsp3) is 0.400. The van der Waals surface area contributed by atoms with Gasteiger partial charge in [-0.2, -0.15) is 0 Å². The zero-order valence-electron chi connectivity index (χ0n) is 14.7. The molecule has 0 radical (unpaired) electrons. The zero-order valence-corrected chi connectivity index (χ0v) is 14.7. The van der Waals surface area contributed by atoms with Crippen molar-refractivity contribution in [1.82, 2.24) is 0 Å². The molecule has 0 amide bonds. The molecule has 0 aliphatic heterocycles. The lowest BCUT2D eigenvalue weighted by Crippen LogP contribution is -2.16. The molecule has 2 N–H and O–H groups in total. The summed E-state index contributed by atoms with van der Waals surface area (Å²) in [5.74, 6) is -0.0255. The quantitative estimate of drug-likeness (QED) is 0.728. The van der Waals surface area contributed by atoms with Crippen LogP contribution in [0.2, 0.25) is 0 Å². The van der Waals surface area contributed by atoms with Gasteiger partial charge in [0.25, 0.3) is 0 Å². The highest BCUT2D eigenvalue weighted by Crippen LogP contribution is 2.31. The van der Waals surface area contributed by atoms with E-state index in [1.54, 1.807) is 0 Å². The zero-order chi connectivity index (χ0) is 18.2. The van der Waals surface area contributed by atoms with Crippen molar-refractivity contribution in [1.29, 1.82) is 0 Å². The van der Waals surface area contributed by atoms with Gasteiger partial charge in [-0.25, -0.2) is 8.78 Å². The van der Waals surface area contributed by atoms with Crippen LogP contribution in [0, 0.1) is 11.6 Å². The molecular weight excluding hydrogens is 324 g/mol. The topological polar surface area (TPSA) is 44.5 Å². The van der Waals surface area contributed by atoms with Crippen molar-refractivity contribution in [3.05, 3.63) is 59.2 Å². The molecule has 2 aromatic rings. The Hall–Kier alpha value is -2.14. The third-order valence-electron chi connectivity index (χ3n) is 3.94. The van der Waals surface area contributed by atoms with Crippen molar-refractivity contribution in [2.45, 2.75) is 32.6 Å². The van der Waals surface area contributed by atoms with Crippen molar-refractivity contribution in [3.8, 4) is 11.5 Å². The molecule has 25 heavy (non-hydrogen) atoms. The first kappa shape index (κ1) is 19.2. The van der Waals surface area contributed by atoms with Gasteiger partial charge >= 0.3 is 0 Å². The molecule has 0 saturated heterocycles. The average Bonchev–Trinajstić information content (AvgIpc) is 2.60. The van der Waals surface area contributed by atoms with Crippen LogP contribution in [-0.4, -0.2) is 19.8 Å². The molecule has 2 rings (SSSR count). The molecular formula is C20H25F2NO2. The van der Waals surface area contributed by atoms with E-state index in [4.69, 9.17) is 15.2 Å². The molecule has 2 aromatic carbocycles. The van der Waals surface area contributed by atoms with E-state index in [9.17, 15) is 8.78 Å². The average molecular weight is 349 g/mol. The molecule has 0 aliphatic rings. The van der Waals surface area contributed by atoms with Gasteiger partial charge in [0, 0.05) is 12.0 Å². The number of hydrogen-bond acceptors (Lipinski definition) is 3. The van der Waals surface area contributed by atoms with Gasteiger partial charge in [-0.05, 0) is 55.6 Å². The van der Waals surface area contributed by atoms with E-state index < -0.39 is 11.6 Å². The number of rotatable bonds is 9. The summed E-state index contributed by atoms with van der Waals surface area (Å²) in [7, 11) is 0. The van der Waals surface area contributed by atoms with Crippen molar-refractivity contribution in [2.75, 3.05) is 19.8 Å². The largest absolute Gasteiger partial charge is 0.490 e. The molecule has 0 aliphatic carbocycles. The molecule has 136 valence electrons. The maximum atomic E-state index is 14.1. The lowest BCUT2D eigenvalue weighted by Gasteiger charge is -2.18. The first-order valence-corrected chi connectivity index (χ1v) is 8.62. The SMILES string of the molecule is CCCOc1ccc(CC(CN)c2ccc(F)cc2F)cc1OCC. The molecule has 3 nitrogen and oxygen atoms in total. The highest BCUT2D eigenvalue weighted by atomic mass is 19.1. The number of benzene rings is 2. The molecule has 0 fully saturated rings. The van der Waals surface area contributed by atoms with Crippen molar-refractivity contribution < 1.29 is 18.3 Å². The van der Waals surface area contributed by atoms with Gasteiger partial charge in [0.05, 0.1) is 13.2 Å². The van der Waals surface area contributed by atoms with Crippen LogP contribution in [0.1, 0.15) is 37.3 Å². The van der Waals surface area contributed by atoms with E-state index in [0.717, 1.165) is 18.1 Å². The van der Waals surface area contributed by atoms with Crippen LogP contribution in [0.15, 0.2) is 36.4 Å². The van der Waals surface area contributed by atoms with Crippen LogP contribution < -0.4 is 15.2 Å². The summed E-state index contributed by atoms with van der Waals surface area (Å²) in [6, 6.07) is 9.31. The molecule has 0 saturated carbocycles. The molecule has 0 aromatic heterocycles. The van der Waals surface area contributed by atoms with Gasteiger partial charge in [-0.1, -0.05) is 19.1 Å². The van der Waals surface area contributed by atoms with Crippen LogP contribution in [0.4, 0.5) is 8.78 Å². The van der Waals surface area contributed by atoms with E-state index in [1.165, 1.54) is 12.1 Å². The Balaban J connectivity index is 2.23. The number of ether oxygens (including phenoxy) is 2. The van der Waals surface area contributed by atoms with Gasteiger partial charge in [0.15, 0.2) is 11.5 Å². The Morgan fingerprint density at radius 3 is 2.44 bits per heavy atom. The highest BCUT2D eigenvalue weighted by Gasteiger charge is 2.17. The Bertz CT molecular complexity index is 691. The summed E-state index contributed by atoms with van der Waals surface area (Å²) in [6.45, 7) is 5.36. The van der Waals surface area contributed by atoms with Gasteiger partial charge in [-0.15, -0.1) is 0 Å². The summed E-state index contributed by atoms with van der Waals surface area (Å²) >= 11 is 0. The molecule has 1 unspecified atom stereocenters. The maximum Gasteiger partial charge on any atom is 0.161 e. The lowest BCUT2D eigenvalue weighted by molar-refractivity contribution is 0.276. The van der Waals surface area contributed by atoms with Crippen LogP contribution in [0.25, 0.3) is 0 Å². The first-order chi connectivity index (χ1) is 12.1. The minimum Gasteiger partial charge on any atom is -0.490 e. The monoisotopic (exact) mass is 349 g/mol. The smallest absolute Gasteiger partial charge is 0.161 e. The Morgan fingerprint density at radius 1 is 1.00 bits per heavy atom. The molecule has 0 bridgehead atoms. The minimum absolute atomic E-state index is 0.238. The molecule has 0 heterocycles. The van der Waals surface area contributed by atoms with Gasteiger partial charge in [-0.3, -0.25) is 0 Å². The van der Waals surface area contributed by atoms with E-state index in [-0.39, 0.29) is 12.5 Å². The summed E-state index contributed by atoms with van der Waals surface area (Å²) in [4.78, 5) is 0. The Morgan fingerprint density at radius 2 is 1.80 bits per heavy atom. The van der Waals surface area contributed by atoms with Crippen LogP contribution >= 0.6 is 0 Å². The third-order valence-corrected chi connectivity index (χ3v) is 3.94. The number of nitrogens with two attached hydrogens (primary N) is 1. The lowest BCUT2D eigenvalue weighted by atomic mass is 9.91. The predicted molar refractivity (Wildman–Crippen MR) is 95.3 cm³/mol. The molecule has 1 atom stereocenters. The Labute approximate surface area is 147 Å². The van der Waals surface area contributed by atoms with E-state index in [1.807, 2.05) is 32.0 Å². The fourth-order valence-electron chi connectivity index (χ4n) is 2.72. The highest BCUT2D eigenvalue weighted by molar-refractivity contribution is 5.43. The minimum atomic E-state index is -0.590. The van der Waals surface area contributed by atoms with E-state index in [0.29, 0.717) is 36.7 Å². The van der Waals surface area contributed by atoms with E-state index in [2.05, 4.69) is 0 Å². The Kier molecular flexibility index (Phi) is 7.19. The summed E-state index contributed by atoms with van der Waals surface area (Å²) in [5.41, 5.74) is 7.22.